The Hall–Kier alpha value is -3.27. The zero-order chi connectivity index (χ0) is 15.2. The maximum absolute atomic E-state index is 5.58. The highest BCUT2D eigenvalue weighted by molar-refractivity contribution is 5.82. The van der Waals surface area contributed by atoms with E-state index in [1.54, 1.807) is 0 Å². The Labute approximate surface area is 132 Å². The Morgan fingerprint density at radius 1 is 0.696 bits per heavy atom. The van der Waals surface area contributed by atoms with Crippen molar-refractivity contribution in [3.8, 4) is 11.7 Å². The van der Waals surface area contributed by atoms with Gasteiger partial charge in [0.1, 0.15) is 0 Å². The van der Waals surface area contributed by atoms with E-state index in [1.807, 2.05) is 51.9 Å². The molecule has 0 saturated carbocycles. The normalized spacial score (nSPS) is 11.5. The molecular weight excluding hydrogens is 286 g/mol. The topological polar surface area (TPSA) is 35.9 Å². The maximum Gasteiger partial charge on any atom is 0.238 e. The van der Waals surface area contributed by atoms with E-state index in [0.717, 1.165) is 16.9 Å². The molecule has 0 spiro atoms. The van der Waals surface area contributed by atoms with Crippen LogP contribution in [0, 0.1) is 0 Å². The van der Waals surface area contributed by atoms with E-state index < -0.39 is 0 Å². The molecule has 4 heteroatoms. The number of rotatable bonds is 2. The van der Waals surface area contributed by atoms with Crippen molar-refractivity contribution in [2.75, 3.05) is 0 Å². The molecule has 0 N–H and O–H groups in total. The molecule has 23 heavy (non-hydrogen) atoms. The summed E-state index contributed by atoms with van der Waals surface area (Å²) in [5.41, 5.74) is 2.22. The van der Waals surface area contributed by atoms with Gasteiger partial charge in [0.05, 0.1) is 11.0 Å². The van der Waals surface area contributed by atoms with Crippen LogP contribution in [0.5, 0.6) is 0 Å². The van der Waals surface area contributed by atoms with Gasteiger partial charge < -0.3 is 4.52 Å². The molecule has 4 nitrogen and oxygen atoms in total. The van der Waals surface area contributed by atoms with Crippen LogP contribution in [0.15, 0.2) is 83.6 Å². The molecule has 0 aliphatic rings. The molecular formula is C19H13N3O. The zero-order valence-electron chi connectivity index (χ0n) is 12.3. The minimum atomic E-state index is 0.707. The number of benzene rings is 2. The molecule has 0 aliphatic heterocycles. The number of hydrogen-bond acceptors (Lipinski definition) is 2. The van der Waals surface area contributed by atoms with Crippen molar-refractivity contribution in [1.29, 1.82) is 0 Å². The summed E-state index contributed by atoms with van der Waals surface area (Å²) in [6.45, 7) is 0. The Morgan fingerprint density at radius 2 is 1.30 bits per heavy atom. The summed E-state index contributed by atoms with van der Waals surface area (Å²) in [4.78, 5) is 0. The first kappa shape index (κ1) is 12.3. The minimum Gasteiger partial charge on any atom is -0.336 e. The quantitative estimate of drug-likeness (QED) is 0.479. The average molecular weight is 299 g/mol. The van der Waals surface area contributed by atoms with E-state index in [2.05, 4.69) is 41.6 Å². The van der Waals surface area contributed by atoms with Crippen molar-refractivity contribution in [2.45, 2.75) is 0 Å². The maximum atomic E-state index is 5.58. The van der Waals surface area contributed by atoms with Gasteiger partial charge in [-0.05, 0) is 29.7 Å². The van der Waals surface area contributed by atoms with Crippen molar-refractivity contribution in [3.63, 3.8) is 0 Å². The van der Waals surface area contributed by atoms with E-state index in [-0.39, 0.29) is 0 Å². The Bertz CT molecular complexity index is 1040. The Balaban J connectivity index is 1.66. The number of aromatic nitrogens is 3. The molecule has 0 bridgehead atoms. The van der Waals surface area contributed by atoms with Gasteiger partial charge in [0, 0.05) is 23.8 Å². The van der Waals surface area contributed by atoms with Crippen LogP contribution in [0.4, 0.5) is 0 Å². The van der Waals surface area contributed by atoms with Crippen molar-refractivity contribution >= 4 is 21.8 Å². The van der Waals surface area contributed by atoms with Gasteiger partial charge in [0.25, 0.3) is 0 Å². The molecule has 0 unspecified atom stereocenters. The van der Waals surface area contributed by atoms with E-state index in [0.29, 0.717) is 5.88 Å². The number of hydrogen-bond donors (Lipinski definition) is 0. The lowest BCUT2D eigenvalue weighted by Gasteiger charge is -1.99. The van der Waals surface area contributed by atoms with E-state index in [9.17, 15) is 0 Å². The summed E-state index contributed by atoms with van der Waals surface area (Å²) in [5, 5.41) is 6.60. The lowest BCUT2D eigenvalue weighted by molar-refractivity contribution is 0.406. The Morgan fingerprint density at radius 3 is 2.04 bits per heavy atom. The van der Waals surface area contributed by atoms with E-state index in [4.69, 9.17) is 4.52 Å². The molecule has 0 radical (unpaired) electrons. The van der Waals surface area contributed by atoms with Crippen LogP contribution in [-0.4, -0.2) is 14.3 Å². The van der Waals surface area contributed by atoms with Crippen molar-refractivity contribution in [2.24, 2.45) is 0 Å². The van der Waals surface area contributed by atoms with Crippen LogP contribution in [0.25, 0.3) is 33.5 Å². The molecule has 0 aliphatic carbocycles. The lowest BCUT2D eigenvalue weighted by atomic mass is 10.2. The highest BCUT2D eigenvalue weighted by Gasteiger charge is 2.11. The van der Waals surface area contributed by atoms with Crippen molar-refractivity contribution in [1.82, 2.24) is 14.3 Å². The largest absolute Gasteiger partial charge is 0.336 e. The third kappa shape index (κ3) is 1.82. The molecule has 110 valence electrons. The molecule has 5 aromatic rings. The average Bonchev–Trinajstić information content (AvgIpc) is 3.31. The second-order valence-electron chi connectivity index (χ2n) is 5.51. The molecule has 0 amide bonds. The van der Waals surface area contributed by atoms with Gasteiger partial charge in [0.2, 0.25) is 5.88 Å². The fourth-order valence-electron chi connectivity index (χ4n) is 3.04. The summed E-state index contributed by atoms with van der Waals surface area (Å²) in [7, 11) is 0. The predicted octanol–water partition coefficient (Wildman–Crippen LogP) is 4.56. The first-order valence-electron chi connectivity index (χ1n) is 7.50. The fourth-order valence-corrected chi connectivity index (χ4v) is 3.04. The van der Waals surface area contributed by atoms with Crippen LogP contribution in [0.2, 0.25) is 0 Å². The number of fused-ring (bicyclic) bond motifs is 2. The third-order valence-electron chi connectivity index (χ3n) is 4.17. The van der Waals surface area contributed by atoms with Gasteiger partial charge in [-0.1, -0.05) is 41.6 Å². The van der Waals surface area contributed by atoms with Gasteiger partial charge in [0.15, 0.2) is 5.82 Å². The molecule has 0 fully saturated rings. The zero-order valence-corrected chi connectivity index (χ0v) is 12.3. The van der Waals surface area contributed by atoms with Gasteiger partial charge in [-0.3, -0.25) is 9.13 Å². The van der Waals surface area contributed by atoms with Crippen LogP contribution in [-0.2, 0) is 0 Å². The SMILES string of the molecule is c1ccc2c(c1)ccn2-c1cc(-n2ccc3ccccc32)on1. The highest BCUT2D eigenvalue weighted by Crippen LogP contribution is 2.24. The monoisotopic (exact) mass is 299 g/mol. The summed E-state index contributed by atoms with van der Waals surface area (Å²) in [5.74, 6) is 1.48. The molecule has 0 atom stereocenters. The van der Waals surface area contributed by atoms with Crippen LogP contribution < -0.4 is 0 Å². The van der Waals surface area contributed by atoms with E-state index in [1.165, 1.54) is 10.8 Å². The summed E-state index contributed by atoms with van der Waals surface area (Å²) >= 11 is 0. The van der Waals surface area contributed by atoms with Crippen LogP contribution in [0.1, 0.15) is 0 Å². The standard InChI is InChI=1S/C19H13N3O/c1-3-7-16-14(5-1)9-11-21(16)18-13-19(23-20-18)22-12-10-15-6-2-4-8-17(15)22/h1-13H. The van der Waals surface area contributed by atoms with Gasteiger partial charge in [-0.2, -0.15) is 0 Å². The third-order valence-corrected chi connectivity index (χ3v) is 4.17. The fraction of sp³-hybridized carbons (Fsp3) is 0. The minimum absolute atomic E-state index is 0.707. The lowest BCUT2D eigenvalue weighted by Crippen LogP contribution is -1.91. The van der Waals surface area contributed by atoms with Gasteiger partial charge in [-0.25, -0.2) is 0 Å². The summed E-state index contributed by atoms with van der Waals surface area (Å²) in [6.07, 6.45) is 4.02. The second-order valence-corrected chi connectivity index (χ2v) is 5.51. The molecule has 3 aromatic heterocycles. The second kappa shape index (κ2) is 4.61. The van der Waals surface area contributed by atoms with Crippen molar-refractivity contribution in [3.05, 3.63) is 79.1 Å². The molecule has 3 heterocycles. The van der Waals surface area contributed by atoms with Crippen molar-refractivity contribution < 1.29 is 4.52 Å². The molecule has 0 saturated heterocycles. The Kier molecular flexibility index (Phi) is 2.46. The first-order chi connectivity index (χ1) is 11.4. The van der Waals surface area contributed by atoms with E-state index >= 15 is 0 Å². The number of nitrogens with zero attached hydrogens (tertiary/aromatic N) is 3. The van der Waals surface area contributed by atoms with Crippen LogP contribution in [0.3, 0.4) is 0 Å². The van der Waals surface area contributed by atoms with Crippen LogP contribution >= 0.6 is 0 Å². The molecule has 2 aromatic carbocycles. The predicted molar refractivity (Wildman–Crippen MR) is 90.2 cm³/mol. The van der Waals surface area contributed by atoms with Gasteiger partial charge in [-0.15, -0.1) is 0 Å². The highest BCUT2D eigenvalue weighted by atomic mass is 16.5. The van der Waals surface area contributed by atoms with Gasteiger partial charge >= 0.3 is 0 Å². The summed E-state index contributed by atoms with van der Waals surface area (Å²) < 4.78 is 9.63. The molecule has 5 rings (SSSR count). The summed E-state index contributed by atoms with van der Waals surface area (Å²) in [6, 6.07) is 22.6. The smallest absolute Gasteiger partial charge is 0.238 e. The first-order valence-corrected chi connectivity index (χ1v) is 7.50. The number of para-hydroxylation sites is 2.